The van der Waals surface area contributed by atoms with Gasteiger partial charge < -0.3 is 30.3 Å². The second-order valence-electron chi connectivity index (χ2n) is 9.53. The summed E-state index contributed by atoms with van der Waals surface area (Å²) in [4.78, 5) is 60.1. The van der Waals surface area contributed by atoms with Gasteiger partial charge in [0.2, 0.25) is 12.0 Å². The summed E-state index contributed by atoms with van der Waals surface area (Å²) in [5.74, 6) is -5.43. The highest BCUT2D eigenvalue weighted by molar-refractivity contribution is 5.98. The summed E-state index contributed by atoms with van der Waals surface area (Å²) in [7, 11) is 0. The van der Waals surface area contributed by atoms with Crippen molar-refractivity contribution < 1.29 is 38.9 Å². The zero-order valence-corrected chi connectivity index (χ0v) is 21.5. The minimum atomic E-state index is -1.45. The van der Waals surface area contributed by atoms with Crippen LogP contribution in [0, 0.1) is 11.8 Å². The number of hydrogen-bond acceptors (Lipinski definition) is 10. The average Bonchev–Trinajstić information content (AvgIpc) is 2.88. The van der Waals surface area contributed by atoms with Gasteiger partial charge in [-0.15, -0.1) is 0 Å². The Hall–Kier alpha value is -4.06. The van der Waals surface area contributed by atoms with Crippen molar-refractivity contribution >= 4 is 23.8 Å². The Morgan fingerprint density at radius 2 is 1.82 bits per heavy atom. The van der Waals surface area contributed by atoms with E-state index in [0.29, 0.717) is 5.56 Å². The van der Waals surface area contributed by atoms with Gasteiger partial charge in [0.05, 0.1) is 18.1 Å². The number of carbonyl (C=O) groups is 4. The Labute approximate surface area is 219 Å². The molecule has 0 saturated carbocycles. The minimum absolute atomic E-state index is 0.0990. The molecule has 2 amide bonds. The predicted molar refractivity (Wildman–Crippen MR) is 132 cm³/mol. The number of cyclic esters (lactones) is 2. The molecular weight excluding hydrogens is 496 g/mol. The molecule has 0 unspecified atom stereocenters. The summed E-state index contributed by atoms with van der Waals surface area (Å²) in [6, 6.07) is 3.67. The van der Waals surface area contributed by atoms with E-state index in [4.69, 9.17) is 9.47 Å². The van der Waals surface area contributed by atoms with Crippen LogP contribution in [0.5, 0.6) is 5.75 Å². The average molecular weight is 529 g/mol. The quantitative estimate of drug-likeness (QED) is 0.400. The topological polar surface area (TPSA) is 177 Å². The molecule has 204 valence electrons. The molecule has 2 aromatic rings. The molecule has 1 saturated heterocycles. The number of rotatable bonds is 5. The van der Waals surface area contributed by atoms with Crippen LogP contribution in [0.25, 0.3) is 0 Å². The Bertz CT molecular complexity index is 1160. The largest absolute Gasteiger partial charge is 0.505 e. The maximum atomic E-state index is 13.5. The number of hydrogen-bond donors (Lipinski definition) is 4. The van der Waals surface area contributed by atoms with Gasteiger partial charge in [0.1, 0.15) is 17.9 Å². The monoisotopic (exact) mass is 528 g/mol. The molecule has 0 bridgehead atoms. The number of aliphatic hydroxyl groups is 1. The SMILES string of the molecule is CC(C)[C@H]1OC(=O)[C@H](C)[C@H](O)[C@H](Cc2cccnc2)NC(=O)[C@@H](NC(=O)c2ncccc2O)[C@@H](C)OC1=O. The molecule has 1 aliphatic heterocycles. The van der Waals surface area contributed by atoms with E-state index in [1.54, 1.807) is 38.4 Å². The van der Waals surface area contributed by atoms with Crippen LogP contribution >= 0.6 is 0 Å². The summed E-state index contributed by atoms with van der Waals surface area (Å²) in [5.41, 5.74) is 0.336. The van der Waals surface area contributed by atoms with Crippen LogP contribution in [0.3, 0.4) is 0 Å². The van der Waals surface area contributed by atoms with Crippen LogP contribution in [0.1, 0.15) is 43.7 Å². The highest BCUT2D eigenvalue weighted by Gasteiger charge is 2.40. The van der Waals surface area contributed by atoms with Crippen LogP contribution in [0.4, 0.5) is 0 Å². The molecule has 38 heavy (non-hydrogen) atoms. The first-order valence-electron chi connectivity index (χ1n) is 12.2. The fraction of sp³-hybridized carbons (Fsp3) is 0.462. The second-order valence-corrected chi connectivity index (χ2v) is 9.53. The number of nitrogens with zero attached hydrogens (tertiary/aromatic N) is 2. The van der Waals surface area contributed by atoms with E-state index in [1.807, 2.05) is 0 Å². The van der Waals surface area contributed by atoms with Crippen LogP contribution in [0.2, 0.25) is 0 Å². The minimum Gasteiger partial charge on any atom is -0.505 e. The molecule has 12 heteroatoms. The molecular formula is C26H32N4O8. The Morgan fingerprint density at radius 1 is 1.11 bits per heavy atom. The fourth-order valence-electron chi connectivity index (χ4n) is 3.97. The summed E-state index contributed by atoms with van der Waals surface area (Å²) in [5, 5.41) is 26.3. The number of pyridine rings is 2. The number of nitrogens with one attached hydrogen (secondary N) is 2. The lowest BCUT2D eigenvalue weighted by atomic mass is 9.92. The molecule has 0 aliphatic carbocycles. The van der Waals surface area contributed by atoms with Crippen molar-refractivity contribution in [1.29, 1.82) is 0 Å². The van der Waals surface area contributed by atoms with Crippen molar-refractivity contribution in [3.8, 4) is 5.75 Å². The number of aromatic hydroxyl groups is 1. The van der Waals surface area contributed by atoms with Gasteiger partial charge in [-0.1, -0.05) is 19.9 Å². The maximum absolute atomic E-state index is 13.5. The molecule has 4 N–H and O–H groups in total. The molecule has 2 aromatic heterocycles. The summed E-state index contributed by atoms with van der Waals surface area (Å²) < 4.78 is 10.9. The zero-order chi connectivity index (χ0) is 28.0. The lowest BCUT2D eigenvalue weighted by molar-refractivity contribution is -0.180. The van der Waals surface area contributed by atoms with Crippen LogP contribution < -0.4 is 10.6 Å². The third-order valence-corrected chi connectivity index (χ3v) is 6.23. The molecule has 3 rings (SSSR count). The molecule has 1 aliphatic rings. The molecule has 12 nitrogen and oxygen atoms in total. The van der Waals surface area contributed by atoms with Crippen LogP contribution in [-0.2, 0) is 30.3 Å². The molecule has 0 aromatic carbocycles. The Morgan fingerprint density at radius 3 is 2.45 bits per heavy atom. The Balaban J connectivity index is 1.99. The normalized spacial score (nSPS) is 26.8. The van der Waals surface area contributed by atoms with E-state index < -0.39 is 71.7 Å². The van der Waals surface area contributed by atoms with Crippen molar-refractivity contribution in [3.05, 3.63) is 54.1 Å². The van der Waals surface area contributed by atoms with E-state index in [-0.39, 0.29) is 12.1 Å². The van der Waals surface area contributed by atoms with Crippen molar-refractivity contribution in [2.45, 2.75) is 64.5 Å². The zero-order valence-electron chi connectivity index (χ0n) is 21.5. The third kappa shape index (κ3) is 6.82. The number of aromatic nitrogens is 2. The van der Waals surface area contributed by atoms with Gasteiger partial charge in [0, 0.05) is 24.5 Å². The van der Waals surface area contributed by atoms with Gasteiger partial charge in [0.25, 0.3) is 5.91 Å². The van der Waals surface area contributed by atoms with Gasteiger partial charge in [-0.05, 0) is 44.0 Å². The lowest BCUT2D eigenvalue weighted by Crippen LogP contribution is -2.59. The Kier molecular flexibility index (Phi) is 9.35. The van der Waals surface area contributed by atoms with E-state index in [0.717, 1.165) is 0 Å². The van der Waals surface area contributed by atoms with E-state index in [1.165, 1.54) is 32.2 Å². The highest BCUT2D eigenvalue weighted by Crippen LogP contribution is 2.20. The predicted octanol–water partition coefficient (Wildman–Crippen LogP) is 0.518. The summed E-state index contributed by atoms with van der Waals surface area (Å²) in [6.07, 6.45) is 0.562. The van der Waals surface area contributed by atoms with Crippen molar-refractivity contribution in [3.63, 3.8) is 0 Å². The molecule has 6 atom stereocenters. The molecule has 3 heterocycles. The van der Waals surface area contributed by atoms with Crippen LogP contribution in [-0.4, -0.2) is 74.3 Å². The number of amides is 2. The number of carbonyl (C=O) groups excluding carboxylic acids is 4. The number of aliphatic hydroxyl groups excluding tert-OH is 1. The smallest absolute Gasteiger partial charge is 0.348 e. The molecule has 1 fully saturated rings. The fourth-order valence-corrected chi connectivity index (χ4v) is 3.97. The number of ether oxygens (including phenoxy) is 2. The first-order chi connectivity index (χ1) is 18.0. The lowest BCUT2D eigenvalue weighted by Gasteiger charge is -2.33. The molecule has 0 spiro atoms. The van der Waals surface area contributed by atoms with Crippen molar-refractivity contribution in [1.82, 2.24) is 20.6 Å². The van der Waals surface area contributed by atoms with Gasteiger partial charge in [0.15, 0.2) is 5.69 Å². The van der Waals surface area contributed by atoms with Crippen molar-refractivity contribution in [2.75, 3.05) is 0 Å². The molecule has 0 radical (unpaired) electrons. The maximum Gasteiger partial charge on any atom is 0.348 e. The van der Waals surface area contributed by atoms with Gasteiger partial charge >= 0.3 is 11.9 Å². The first kappa shape index (κ1) is 28.5. The van der Waals surface area contributed by atoms with Gasteiger partial charge in [-0.3, -0.25) is 19.4 Å². The van der Waals surface area contributed by atoms with Gasteiger partial charge in [-0.2, -0.15) is 0 Å². The summed E-state index contributed by atoms with van der Waals surface area (Å²) >= 11 is 0. The van der Waals surface area contributed by atoms with E-state index in [2.05, 4.69) is 20.6 Å². The first-order valence-corrected chi connectivity index (χ1v) is 12.2. The van der Waals surface area contributed by atoms with E-state index in [9.17, 15) is 29.4 Å². The second kappa shape index (κ2) is 12.5. The number of esters is 2. The van der Waals surface area contributed by atoms with Crippen molar-refractivity contribution in [2.24, 2.45) is 11.8 Å². The van der Waals surface area contributed by atoms with Gasteiger partial charge in [-0.25, -0.2) is 9.78 Å². The third-order valence-electron chi connectivity index (χ3n) is 6.23. The standard InChI is InChI=1S/C26H32N4O8/c1-13(2)22-26(36)37-15(4)19(30-24(34)20-18(31)8-6-10-28-20)23(33)29-17(11-16-7-5-9-27-12-16)21(32)14(3)25(35)38-22/h5-10,12-15,17,19,21-22,31-32H,11H2,1-4H3,(H,29,33)(H,30,34)/t14-,15-,17+,19+,21+,22-/m1/s1. The van der Waals surface area contributed by atoms with E-state index >= 15 is 0 Å². The highest BCUT2D eigenvalue weighted by atomic mass is 16.6. The van der Waals surface area contributed by atoms with Crippen LogP contribution in [0.15, 0.2) is 42.9 Å². The summed E-state index contributed by atoms with van der Waals surface area (Å²) in [6.45, 7) is 6.12.